The fourth-order valence-corrected chi connectivity index (χ4v) is 2.49. The number of nitrogens with zero attached hydrogens (tertiary/aromatic N) is 4. The molecular formula is C18H21N5O3. The summed E-state index contributed by atoms with van der Waals surface area (Å²) in [7, 11) is 1.36. The molecule has 0 aliphatic rings. The number of hydrogen-bond donors (Lipinski definition) is 1. The molecule has 0 aliphatic carbocycles. The summed E-state index contributed by atoms with van der Waals surface area (Å²) < 4.78 is 12.1. The summed E-state index contributed by atoms with van der Waals surface area (Å²) in [5, 5.41) is 0. The number of unbranched alkanes of at least 4 members (excludes halogenated alkanes) is 1. The van der Waals surface area contributed by atoms with E-state index in [-0.39, 0.29) is 12.0 Å². The molecule has 2 heterocycles. The predicted molar refractivity (Wildman–Crippen MR) is 97.0 cm³/mol. The van der Waals surface area contributed by atoms with E-state index in [1.807, 2.05) is 16.7 Å². The van der Waals surface area contributed by atoms with E-state index < -0.39 is 0 Å². The van der Waals surface area contributed by atoms with Gasteiger partial charge in [-0.1, -0.05) is 25.5 Å². The lowest BCUT2D eigenvalue weighted by Gasteiger charge is -2.07. The van der Waals surface area contributed by atoms with Crippen LogP contribution in [0.2, 0.25) is 0 Å². The average Bonchev–Trinajstić information content (AvgIpc) is 3.05. The number of aromatic nitrogens is 4. The van der Waals surface area contributed by atoms with Crippen LogP contribution in [0.4, 0.5) is 5.82 Å². The van der Waals surface area contributed by atoms with Gasteiger partial charge >= 0.3 is 12.0 Å². The molecule has 1 aromatic carbocycles. The van der Waals surface area contributed by atoms with E-state index in [0.29, 0.717) is 35.7 Å². The average molecular weight is 355 g/mol. The maximum atomic E-state index is 11.5. The number of fused-ring (bicyclic) bond motifs is 1. The van der Waals surface area contributed by atoms with Crippen molar-refractivity contribution in [3.63, 3.8) is 0 Å². The second-order valence-electron chi connectivity index (χ2n) is 5.83. The van der Waals surface area contributed by atoms with Crippen LogP contribution in [0.5, 0.6) is 6.01 Å². The smallest absolute Gasteiger partial charge is 0.337 e. The third kappa shape index (κ3) is 3.74. The minimum Gasteiger partial charge on any atom is -0.465 e. The first-order chi connectivity index (χ1) is 12.6. The van der Waals surface area contributed by atoms with Crippen molar-refractivity contribution in [3.05, 3.63) is 41.7 Å². The molecule has 3 aromatic rings. The van der Waals surface area contributed by atoms with Crippen LogP contribution in [-0.2, 0) is 11.3 Å². The monoisotopic (exact) mass is 355 g/mol. The molecule has 0 fully saturated rings. The summed E-state index contributed by atoms with van der Waals surface area (Å²) in [6, 6.07) is 7.43. The van der Waals surface area contributed by atoms with Gasteiger partial charge in [0.15, 0.2) is 17.0 Å². The minimum absolute atomic E-state index is 0.256. The highest BCUT2D eigenvalue weighted by atomic mass is 16.5. The van der Waals surface area contributed by atoms with Gasteiger partial charge in [-0.25, -0.2) is 9.78 Å². The molecule has 2 N–H and O–H groups in total. The molecule has 0 amide bonds. The zero-order valence-corrected chi connectivity index (χ0v) is 14.8. The highest BCUT2D eigenvalue weighted by molar-refractivity contribution is 5.89. The lowest BCUT2D eigenvalue weighted by Crippen LogP contribution is -2.06. The summed E-state index contributed by atoms with van der Waals surface area (Å²) in [5.41, 5.74) is 8.62. The Labute approximate surface area is 151 Å². The first-order valence-corrected chi connectivity index (χ1v) is 8.40. The molecule has 8 heteroatoms. The SMILES string of the molecule is CCCCOc1nc(N)c2ncn(Cc3ccc(C(=O)OC)cc3)c2n1. The van der Waals surface area contributed by atoms with Crippen molar-refractivity contribution in [2.75, 3.05) is 19.5 Å². The lowest BCUT2D eigenvalue weighted by molar-refractivity contribution is 0.0600. The summed E-state index contributed by atoms with van der Waals surface area (Å²) in [4.78, 5) is 24.4. The third-order valence-corrected chi connectivity index (χ3v) is 3.93. The molecule has 0 bridgehead atoms. The van der Waals surface area contributed by atoms with Crippen LogP contribution in [0.25, 0.3) is 11.2 Å². The standard InChI is InChI=1S/C18H21N5O3/c1-3-4-9-26-18-21-15(19)14-16(22-18)23(11-20-14)10-12-5-7-13(8-6-12)17(24)25-2/h5-8,11H,3-4,9-10H2,1-2H3,(H2,19,21,22). The lowest BCUT2D eigenvalue weighted by atomic mass is 10.1. The van der Waals surface area contributed by atoms with Gasteiger partial charge in [0.05, 0.1) is 32.2 Å². The van der Waals surface area contributed by atoms with Crippen molar-refractivity contribution in [2.45, 2.75) is 26.3 Å². The Bertz CT molecular complexity index is 905. The van der Waals surface area contributed by atoms with Crippen LogP contribution in [-0.4, -0.2) is 39.2 Å². The number of methoxy groups -OCH3 is 1. The minimum atomic E-state index is -0.362. The van der Waals surface area contributed by atoms with Crippen LogP contribution >= 0.6 is 0 Å². The summed E-state index contributed by atoms with van der Waals surface area (Å²) in [6.45, 7) is 3.16. The number of rotatable bonds is 7. The second-order valence-corrected chi connectivity index (χ2v) is 5.83. The Hall–Kier alpha value is -3.16. The molecule has 3 rings (SSSR count). The first kappa shape index (κ1) is 17.7. The van der Waals surface area contributed by atoms with Gasteiger partial charge in [-0.15, -0.1) is 0 Å². The number of esters is 1. The Morgan fingerprint density at radius 1 is 1.23 bits per heavy atom. The first-order valence-electron chi connectivity index (χ1n) is 8.40. The predicted octanol–water partition coefficient (Wildman–Crippen LogP) is 2.42. The second kappa shape index (κ2) is 7.81. The Balaban J connectivity index is 1.84. The Morgan fingerprint density at radius 3 is 2.69 bits per heavy atom. The number of imidazole rings is 1. The largest absolute Gasteiger partial charge is 0.465 e. The van der Waals surface area contributed by atoms with E-state index in [1.54, 1.807) is 18.5 Å². The summed E-state index contributed by atoms with van der Waals surface area (Å²) in [6.07, 6.45) is 3.62. The highest BCUT2D eigenvalue weighted by Crippen LogP contribution is 2.20. The topological polar surface area (TPSA) is 105 Å². The quantitative estimate of drug-likeness (QED) is 0.512. The van der Waals surface area contributed by atoms with Crippen LogP contribution < -0.4 is 10.5 Å². The van der Waals surface area contributed by atoms with Crippen molar-refractivity contribution >= 4 is 23.0 Å². The number of nitrogens with two attached hydrogens (primary N) is 1. The normalized spacial score (nSPS) is 10.8. The number of nitrogen functional groups attached to an aromatic ring is 1. The maximum Gasteiger partial charge on any atom is 0.337 e. The molecule has 0 saturated carbocycles. The molecule has 0 aliphatic heterocycles. The van der Waals surface area contributed by atoms with Crippen molar-refractivity contribution in [2.24, 2.45) is 0 Å². The van der Waals surface area contributed by atoms with E-state index in [1.165, 1.54) is 7.11 Å². The molecule has 2 aromatic heterocycles. The van der Waals surface area contributed by atoms with Crippen molar-refractivity contribution in [1.29, 1.82) is 0 Å². The fourth-order valence-electron chi connectivity index (χ4n) is 2.49. The maximum absolute atomic E-state index is 11.5. The van der Waals surface area contributed by atoms with Gasteiger partial charge in [-0.2, -0.15) is 9.97 Å². The molecule has 0 unspecified atom stereocenters. The van der Waals surface area contributed by atoms with E-state index in [9.17, 15) is 4.79 Å². The van der Waals surface area contributed by atoms with Crippen molar-refractivity contribution < 1.29 is 14.3 Å². The molecule has 8 nitrogen and oxygen atoms in total. The summed E-state index contributed by atoms with van der Waals surface area (Å²) >= 11 is 0. The van der Waals surface area contributed by atoms with Gasteiger partial charge in [-0.3, -0.25) is 0 Å². The zero-order valence-electron chi connectivity index (χ0n) is 14.8. The fraction of sp³-hybridized carbons (Fsp3) is 0.333. The van der Waals surface area contributed by atoms with Gasteiger partial charge in [0.2, 0.25) is 0 Å². The number of hydrogen-bond acceptors (Lipinski definition) is 7. The number of anilines is 1. The number of ether oxygens (including phenoxy) is 2. The number of benzene rings is 1. The van der Waals surface area contributed by atoms with E-state index in [4.69, 9.17) is 15.2 Å². The van der Waals surface area contributed by atoms with Crippen LogP contribution in [0, 0.1) is 0 Å². The van der Waals surface area contributed by atoms with Gasteiger partial charge in [0.1, 0.15) is 0 Å². The number of carbonyl (C=O) groups excluding carboxylic acids is 1. The van der Waals surface area contributed by atoms with E-state index >= 15 is 0 Å². The zero-order chi connectivity index (χ0) is 18.5. The molecule has 0 radical (unpaired) electrons. The molecular weight excluding hydrogens is 334 g/mol. The van der Waals surface area contributed by atoms with Crippen LogP contribution in [0.15, 0.2) is 30.6 Å². The molecule has 136 valence electrons. The number of carbonyl (C=O) groups is 1. The molecule has 26 heavy (non-hydrogen) atoms. The summed E-state index contributed by atoms with van der Waals surface area (Å²) in [5.74, 6) is -0.0692. The molecule has 0 spiro atoms. The van der Waals surface area contributed by atoms with Crippen molar-refractivity contribution in [3.8, 4) is 6.01 Å². The Kier molecular flexibility index (Phi) is 5.31. The van der Waals surface area contributed by atoms with Gasteiger partial charge in [-0.05, 0) is 24.1 Å². The molecule has 0 saturated heterocycles. The Morgan fingerprint density at radius 2 is 2.00 bits per heavy atom. The molecule has 0 atom stereocenters. The highest BCUT2D eigenvalue weighted by Gasteiger charge is 2.13. The van der Waals surface area contributed by atoms with Crippen LogP contribution in [0.3, 0.4) is 0 Å². The van der Waals surface area contributed by atoms with Gasteiger partial charge in [0, 0.05) is 0 Å². The third-order valence-electron chi connectivity index (χ3n) is 3.93. The van der Waals surface area contributed by atoms with E-state index in [2.05, 4.69) is 21.9 Å². The van der Waals surface area contributed by atoms with Gasteiger partial charge < -0.3 is 19.8 Å². The van der Waals surface area contributed by atoms with Crippen LogP contribution in [0.1, 0.15) is 35.7 Å². The van der Waals surface area contributed by atoms with Crippen molar-refractivity contribution in [1.82, 2.24) is 19.5 Å². The van der Waals surface area contributed by atoms with E-state index in [0.717, 1.165) is 18.4 Å². The van der Waals surface area contributed by atoms with Gasteiger partial charge in [0.25, 0.3) is 0 Å².